The van der Waals surface area contributed by atoms with Gasteiger partial charge in [-0.25, -0.2) is 4.79 Å². The third-order valence-corrected chi connectivity index (χ3v) is 2.40. The molecule has 0 radical (unpaired) electrons. The summed E-state index contributed by atoms with van der Waals surface area (Å²) in [6.45, 7) is 4.29. The lowest BCUT2D eigenvalue weighted by Crippen LogP contribution is -2.10. The van der Waals surface area contributed by atoms with Crippen molar-refractivity contribution in [1.29, 1.82) is 0 Å². The van der Waals surface area contributed by atoms with E-state index in [4.69, 9.17) is 4.74 Å². The Hall–Kier alpha value is -0.780. The molecule has 1 N–H and O–H groups in total. The highest BCUT2D eigenvalue weighted by Crippen LogP contribution is 2.20. The number of phenols is 1. The van der Waals surface area contributed by atoms with E-state index in [1.165, 1.54) is 6.07 Å². The standard InChI is InChI=1S/C11H13IO3/c1-7(2)6-15-11(14)9-5-8(12)3-4-10(9)13/h3-5,7,13H,6H2,1-2H3. The summed E-state index contributed by atoms with van der Waals surface area (Å²) in [5.41, 5.74) is 0.225. The molecule has 0 atom stereocenters. The van der Waals surface area contributed by atoms with E-state index in [1.807, 2.05) is 13.8 Å². The average molecular weight is 320 g/mol. The zero-order chi connectivity index (χ0) is 11.4. The zero-order valence-electron chi connectivity index (χ0n) is 8.66. The molecular formula is C11H13IO3. The van der Waals surface area contributed by atoms with E-state index in [1.54, 1.807) is 12.1 Å². The van der Waals surface area contributed by atoms with Crippen molar-refractivity contribution in [1.82, 2.24) is 0 Å². The largest absolute Gasteiger partial charge is 0.507 e. The van der Waals surface area contributed by atoms with Crippen molar-refractivity contribution in [2.45, 2.75) is 13.8 Å². The molecule has 0 amide bonds. The van der Waals surface area contributed by atoms with Crippen LogP contribution in [0.5, 0.6) is 5.75 Å². The molecule has 1 rings (SSSR count). The Bertz CT molecular complexity index is 361. The number of rotatable bonds is 3. The first-order valence-electron chi connectivity index (χ1n) is 4.66. The molecule has 0 heterocycles. The Kier molecular flexibility index (Phi) is 4.38. The lowest BCUT2D eigenvalue weighted by atomic mass is 10.2. The predicted molar refractivity (Wildman–Crippen MR) is 65.9 cm³/mol. The van der Waals surface area contributed by atoms with Crippen LogP contribution in [0, 0.1) is 9.49 Å². The molecule has 0 saturated carbocycles. The molecule has 0 aromatic heterocycles. The van der Waals surface area contributed by atoms with Crippen LogP contribution < -0.4 is 0 Å². The van der Waals surface area contributed by atoms with Crippen LogP contribution >= 0.6 is 22.6 Å². The highest BCUT2D eigenvalue weighted by atomic mass is 127. The summed E-state index contributed by atoms with van der Waals surface area (Å²) in [6.07, 6.45) is 0. The van der Waals surface area contributed by atoms with Gasteiger partial charge in [0.05, 0.1) is 6.61 Å². The minimum absolute atomic E-state index is 0.0378. The van der Waals surface area contributed by atoms with E-state index in [0.717, 1.165) is 3.57 Å². The Morgan fingerprint density at radius 1 is 1.53 bits per heavy atom. The quantitative estimate of drug-likeness (QED) is 0.688. The van der Waals surface area contributed by atoms with Crippen LogP contribution in [0.4, 0.5) is 0 Å². The molecule has 1 aromatic carbocycles. The molecule has 4 heteroatoms. The second-order valence-electron chi connectivity index (χ2n) is 3.65. The third-order valence-electron chi connectivity index (χ3n) is 1.73. The number of carbonyl (C=O) groups excluding carboxylic acids is 1. The summed E-state index contributed by atoms with van der Waals surface area (Å²) in [7, 11) is 0. The molecule has 0 fully saturated rings. The molecule has 0 aliphatic rings. The van der Waals surface area contributed by atoms with Crippen LogP contribution in [-0.2, 0) is 4.74 Å². The van der Waals surface area contributed by atoms with Crippen LogP contribution in [-0.4, -0.2) is 17.7 Å². The van der Waals surface area contributed by atoms with Gasteiger partial charge in [-0.15, -0.1) is 0 Å². The first kappa shape index (κ1) is 12.3. The molecular weight excluding hydrogens is 307 g/mol. The maximum atomic E-state index is 11.5. The number of ether oxygens (including phenoxy) is 1. The van der Waals surface area contributed by atoms with Gasteiger partial charge < -0.3 is 9.84 Å². The second kappa shape index (κ2) is 5.34. The van der Waals surface area contributed by atoms with E-state index in [0.29, 0.717) is 12.5 Å². The normalized spacial score (nSPS) is 10.4. The number of esters is 1. The summed E-state index contributed by atoms with van der Waals surface area (Å²) in [6, 6.07) is 4.83. The van der Waals surface area contributed by atoms with Crippen molar-refractivity contribution in [3.63, 3.8) is 0 Å². The van der Waals surface area contributed by atoms with Gasteiger partial charge in [0.2, 0.25) is 0 Å². The number of hydrogen-bond acceptors (Lipinski definition) is 3. The van der Waals surface area contributed by atoms with Crippen LogP contribution in [0.15, 0.2) is 18.2 Å². The van der Waals surface area contributed by atoms with Gasteiger partial charge in [0, 0.05) is 3.57 Å². The molecule has 0 unspecified atom stereocenters. The summed E-state index contributed by atoms with van der Waals surface area (Å²) >= 11 is 2.08. The van der Waals surface area contributed by atoms with Crippen molar-refractivity contribution >= 4 is 28.6 Å². The average Bonchev–Trinajstić information content (AvgIpc) is 2.18. The lowest BCUT2D eigenvalue weighted by Gasteiger charge is -2.08. The molecule has 3 nitrogen and oxygen atoms in total. The van der Waals surface area contributed by atoms with Gasteiger partial charge in [-0.05, 0) is 46.7 Å². The number of halogens is 1. The highest BCUT2D eigenvalue weighted by molar-refractivity contribution is 14.1. The van der Waals surface area contributed by atoms with E-state index < -0.39 is 5.97 Å². The number of hydrogen-bond donors (Lipinski definition) is 1. The predicted octanol–water partition coefficient (Wildman–Crippen LogP) is 2.81. The second-order valence-corrected chi connectivity index (χ2v) is 4.90. The molecule has 0 bridgehead atoms. The fourth-order valence-electron chi connectivity index (χ4n) is 0.992. The van der Waals surface area contributed by atoms with E-state index in [-0.39, 0.29) is 11.3 Å². The summed E-state index contributed by atoms with van der Waals surface area (Å²) < 4.78 is 5.91. The number of aromatic hydroxyl groups is 1. The van der Waals surface area contributed by atoms with Gasteiger partial charge in [-0.2, -0.15) is 0 Å². The van der Waals surface area contributed by atoms with Gasteiger partial charge in [0.25, 0.3) is 0 Å². The summed E-state index contributed by atoms with van der Waals surface area (Å²) in [4.78, 5) is 11.5. The van der Waals surface area contributed by atoms with Crippen molar-refractivity contribution < 1.29 is 14.6 Å². The minimum Gasteiger partial charge on any atom is -0.507 e. The Morgan fingerprint density at radius 2 is 2.20 bits per heavy atom. The molecule has 15 heavy (non-hydrogen) atoms. The van der Waals surface area contributed by atoms with Crippen molar-refractivity contribution in [2.24, 2.45) is 5.92 Å². The third kappa shape index (κ3) is 3.70. The van der Waals surface area contributed by atoms with Gasteiger partial charge in [0.1, 0.15) is 11.3 Å². The van der Waals surface area contributed by atoms with Gasteiger partial charge >= 0.3 is 5.97 Å². The van der Waals surface area contributed by atoms with Crippen LogP contribution in [0.1, 0.15) is 24.2 Å². The molecule has 0 aliphatic carbocycles. The topological polar surface area (TPSA) is 46.5 Å². The smallest absolute Gasteiger partial charge is 0.341 e. The van der Waals surface area contributed by atoms with Crippen molar-refractivity contribution in [2.75, 3.05) is 6.61 Å². The maximum absolute atomic E-state index is 11.5. The zero-order valence-corrected chi connectivity index (χ0v) is 10.8. The summed E-state index contributed by atoms with van der Waals surface area (Å²) in [5, 5.41) is 9.47. The van der Waals surface area contributed by atoms with Crippen LogP contribution in [0.25, 0.3) is 0 Å². The van der Waals surface area contributed by atoms with E-state index in [9.17, 15) is 9.90 Å². The number of carbonyl (C=O) groups is 1. The van der Waals surface area contributed by atoms with Gasteiger partial charge in [-0.3, -0.25) is 0 Å². The highest BCUT2D eigenvalue weighted by Gasteiger charge is 2.13. The Morgan fingerprint density at radius 3 is 2.80 bits per heavy atom. The summed E-state index contributed by atoms with van der Waals surface area (Å²) in [5.74, 6) is -0.220. The van der Waals surface area contributed by atoms with Gasteiger partial charge in [-0.1, -0.05) is 13.8 Å². The fourth-order valence-corrected chi connectivity index (χ4v) is 1.48. The Labute approximate surface area is 103 Å². The minimum atomic E-state index is -0.472. The van der Waals surface area contributed by atoms with Crippen molar-refractivity contribution in [3.05, 3.63) is 27.3 Å². The van der Waals surface area contributed by atoms with E-state index >= 15 is 0 Å². The maximum Gasteiger partial charge on any atom is 0.341 e. The lowest BCUT2D eigenvalue weighted by molar-refractivity contribution is 0.0455. The SMILES string of the molecule is CC(C)COC(=O)c1cc(I)ccc1O. The number of phenolic OH excluding ortho intramolecular Hbond substituents is 1. The molecule has 82 valence electrons. The fraction of sp³-hybridized carbons (Fsp3) is 0.364. The first-order chi connectivity index (χ1) is 7.00. The monoisotopic (exact) mass is 320 g/mol. The number of benzene rings is 1. The van der Waals surface area contributed by atoms with Crippen LogP contribution in [0.2, 0.25) is 0 Å². The van der Waals surface area contributed by atoms with E-state index in [2.05, 4.69) is 22.6 Å². The molecule has 0 spiro atoms. The molecule has 0 saturated heterocycles. The van der Waals surface area contributed by atoms with Crippen LogP contribution in [0.3, 0.4) is 0 Å². The molecule has 1 aromatic rings. The van der Waals surface area contributed by atoms with Gasteiger partial charge in [0.15, 0.2) is 0 Å². The van der Waals surface area contributed by atoms with Crippen molar-refractivity contribution in [3.8, 4) is 5.75 Å². The molecule has 0 aliphatic heterocycles. The Balaban J connectivity index is 2.77. The first-order valence-corrected chi connectivity index (χ1v) is 5.74.